The highest BCUT2D eigenvalue weighted by molar-refractivity contribution is 5.90. The lowest BCUT2D eigenvalue weighted by molar-refractivity contribution is -0.149. The molecule has 10 heteroatoms. The molecule has 4 aromatic rings. The Bertz CT molecular complexity index is 1850. The van der Waals surface area contributed by atoms with E-state index >= 15 is 0 Å². The molecular formula is C43H48N4O6. The third kappa shape index (κ3) is 8.13. The molecule has 3 aliphatic rings. The Morgan fingerprint density at radius 2 is 1.30 bits per heavy atom. The highest BCUT2D eigenvalue weighted by atomic mass is 16.6. The molecule has 0 radical (unpaired) electrons. The molecule has 2 N–H and O–H groups in total. The van der Waals surface area contributed by atoms with Gasteiger partial charge in [-0.1, -0.05) is 123 Å². The van der Waals surface area contributed by atoms with Crippen LogP contribution >= 0.6 is 0 Å². The van der Waals surface area contributed by atoms with Crippen molar-refractivity contribution in [3.63, 3.8) is 0 Å². The number of hydrogen-bond donors (Lipinski definition) is 2. The van der Waals surface area contributed by atoms with E-state index in [9.17, 15) is 19.2 Å². The van der Waals surface area contributed by atoms with Crippen molar-refractivity contribution in [3.05, 3.63) is 131 Å². The molecule has 2 heterocycles. The van der Waals surface area contributed by atoms with Gasteiger partial charge in [-0.25, -0.2) is 4.79 Å². The summed E-state index contributed by atoms with van der Waals surface area (Å²) in [5, 5.41) is 5.52. The zero-order valence-corrected chi connectivity index (χ0v) is 30.6. The number of ether oxygens (including phenoxy) is 2. The van der Waals surface area contributed by atoms with Gasteiger partial charge in [0.15, 0.2) is 0 Å². The first-order valence-corrected chi connectivity index (χ1v) is 18.4. The third-order valence-corrected chi connectivity index (χ3v) is 10.4. The minimum absolute atomic E-state index is 0.0300. The number of fused-ring (bicyclic) bond motifs is 3. The number of amides is 4. The van der Waals surface area contributed by atoms with Gasteiger partial charge in [0.2, 0.25) is 17.7 Å². The molecular weight excluding hydrogens is 668 g/mol. The highest BCUT2D eigenvalue weighted by Gasteiger charge is 2.59. The summed E-state index contributed by atoms with van der Waals surface area (Å²) >= 11 is 0. The van der Waals surface area contributed by atoms with Gasteiger partial charge in [0.25, 0.3) is 0 Å². The smallest absolute Gasteiger partial charge is 0.409 e. The lowest BCUT2D eigenvalue weighted by Gasteiger charge is -2.50. The molecule has 0 saturated carbocycles. The second-order valence-corrected chi connectivity index (χ2v) is 13.7. The number of rotatable bonds is 11. The van der Waals surface area contributed by atoms with Crippen LogP contribution in [-0.2, 0) is 36.9 Å². The number of carbonyl (C=O) groups excluding carboxylic acids is 4. The Morgan fingerprint density at radius 1 is 0.755 bits per heavy atom. The van der Waals surface area contributed by atoms with Crippen molar-refractivity contribution in [2.45, 2.75) is 38.8 Å². The normalized spacial score (nSPS) is 17.1. The zero-order valence-electron chi connectivity index (χ0n) is 30.6. The number of hydrogen-bond acceptors (Lipinski definition) is 6. The number of benzene rings is 4. The van der Waals surface area contributed by atoms with E-state index in [0.29, 0.717) is 13.1 Å². The van der Waals surface area contributed by atoms with E-state index in [4.69, 9.17) is 9.47 Å². The summed E-state index contributed by atoms with van der Waals surface area (Å²) in [7, 11) is 1.51. The van der Waals surface area contributed by atoms with Gasteiger partial charge in [-0.05, 0) is 33.4 Å². The van der Waals surface area contributed by atoms with Gasteiger partial charge < -0.3 is 29.9 Å². The Morgan fingerprint density at radius 3 is 1.91 bits per heavy atom. The molecule has 2 atom stereocenters. The summed E-state index contributed by atoms with van der Waals surface area (Å²) in [6, 6.07) is 34.5. The van der Waals surface area contributed by atoms with E-state index < -0.39 is 23.5 Å². The van der Waals surface area contributed by atoms with Crippen LogP contribution in [0.25, 0.3) is 11.1 Å². The van der Waals surface area contributed by atoms with Gasteiger partial charge >= 0.3 is 6.09 Å². The maximum Gasteiger partial charge on any atom is 0.409 e. The van der Waals surface area contributed by atoms with Crippen molar-refractivity contribution in [3.8, 4) is 11.1 Å². The summed E-state index contributed by atoms with van der Waals surface area (Å²) < 4.78 is 11.8. The van der Waals surface area contributed by atoms with Gasteiger partial charge in [-0.3, -0.25) is 14.4 Å². The summed E-state index contributed by atoms with van der Waals surface area (Å²) in [4.78, 5) is 57.3. The van der Waals surface area contributed by atoms with Crippen LogP contribution in [0.5, 0.6) is 0 Å². The fourth-order valence-corrected chi connectivity index (χ4v) is 7.75. The van der Waals surface area contributed by atoms with E-state index in [-0.39, 0.29) is 63.0 Å². The standard InChI is InChI=1S/C41H42N4O6.C2H6/c1-42-39(48)36(24-50-22-29-14-6-3-7-15-29)43-38(47)35-21-44(25-41(35)26-45(27-41)37(46)20-28-12-4-2-5-13-28)40(49)51-23-34-32-18-10-8-16-30(32)31-17-9-11-19-33(31)34;1-2/h2-19,34-36H,20-27H2,1H3,(H,42,48)(H,43,47);1-2H3. The number of likely N-dealkylation sites (tertiary alicyclic amines) is 2. The van der Waals surface area contributed by atoms with Crippen molar-refractivity contribution in [2.75, 3.05) is 46.4 Å². The number of nitrogens with zero attached hydrogens (tertiary/aromatic N) is 2. The zero-order chi connectivity index (χ0) is 37.4. The third-order valence-electron chi connectivity index (χ3n) is 10.4. The van der Waals surface area contributed by atoms with Crippen molar-refractivity contribution in [2.24, 2.45) is 11.3 Å². The van der Waals surface area contributed by atoms with Gasteiger partial charge in [0.1, 0.15) is 12.6 Å². The van der Waals surface area contributed by atoms with Gasteiger partial charge in [-0.15, -0.1) is 0 Å². The molecule has 53 heavy (non-hydrogen) atoms. The van der Waals surface area contributed by atoms with Crippen LogP contribution in [0.15, 0.2) is 109 Å². The Labute approximate surface area is 311 Å². The van der Waals surface area contributed by atoms with E-state index in [2.05, 4.69) is 34.9 Å². The average Bonchev–Trinajstić information content (AvgIpc) is 3.75. The Hall–Kier alpha value is -5.48. The van der Waals surface area contributed by atoms with E-state index in [0.717, 1.165) is 33.4 Å². The average molecular weight is 717 g/mol. The van der Waals surface area contributed by atoms with Crippen LogP contribution in [0, 0.1) is 11.3 Å². The van der Waals surface area contributed by atoms with Gasteiger partial charge in [0.05, 0.1) is 25.6 Å². The highest BCUT2D eigenvalue weighted by Crippen LogP contribution is 2.46. The minimum atomic E-state index is -0.942. The number of likely N-dealkylation sites (N-methyl/N-ethyl adjacent to an activating group) is 1. The molecule has 1 aliphatic carbocycles. The molecule has 10 nitrogen and oxygen atoms in total. The molecule has 1 spiro atoms. The predicted molar refractivity (Wildman–Crippen MR) is 203 cm³/mol. The Kier molecular flexibility index (Phi) is 11.9. The lowest BCUT2D eigenvalue weighted by Crippen LogP contribution is -2.65. The second-order valence-electron chi connectivity index (χ2n) is 13.7. The fourth-order valence-electron chi connectivity index (χ4n) is 7.75. The fraction of sp³-hybridized carbons (Fsp3) is 0.349. The first kappa shape index (κ1) is 37.3. The number of nitrogens with one attached hydrogen (secondary N) is 2. The summed E-state index contributed by atoms with van der Waals surface area (Å²) in [6.45, 7) is 5.41. The van der Waals surface area contributed by atoms with E-state index in [1.54, 1.807) is 9.80 Å². The number of carbonyl (C=O) groups is 4. The van der Waals surface area contributed by atoms with Crippen LogP contribution < -0.4 is 10.6 Å². The summed E-state index contributed by atoms with van der Waals surface area (Å²) in [6.07, 6.45) is -0.254. The minimum Gasteiger partial charge on any atom is -0.448 e. The maximum atomic E-state index is 14.1. The molecule has 0 aromatic heterocycles. The van der Waals surface area contributed by atoms with Crippen LogP contribution in [0.1, 0.15) is 42.0 Å². The van der Waals surface area contributed by atoms with Crippen LogP contribution in [0.3, 0.4) is 0 Å². The van der Waals surface area contributed by atoms with E-state index in [1.807, 2.05) is 98.8 Å². The first-order chi connectivity index (χ1) is 25.8. The molecule has 0 bridgehead atoms. The molecule has 2 aliphatic heterocycles. The van der Waals surface area contributed by atoms with Crippen LogP contribution in [0.4, 0.5) is 4.79 Å². The molecule has 4 amide bonds. The van der Waals surface area contributed by atoms with Crippen molar-refractivity contribution >= 4 is 23.8 Å². The second kappa shape index (κ2) is 16.9. The monoisotopic (exact) mass is 716 g/mol. The summed E-state index contributed by atoms with van der Waals surface area (Å²) in [5.74, 6) is -1.56. The largest absolute Gasteiger partial charge is 0.448 e. The van der Waals surface area contributed by atoms with Crippen molar-refractivity contribution in [1.29, 1.82) is 0 Å². The molecule has 2 unspecified atom stereocenters. The van der Waals surface area contributed by atoms with Crippen molar-refractivity contribution < 1.29 is 28.7 Å². The van der Waals surface area contributed by atoms with Crippen LogP contribution in [0.2, 0.25) is 0 Å². The SMILES string of the molecule is CC.CNC(=O)C(COCc1ccccc1)NC(=O)C1CN(C(=O)OCC2c3ccccc3-c3ccccc32)CC12CN(C(=O)Cc1ccccc1)C2. The first-order valence-electron chi connectivity index (χ1n) is 18.4. The lowest BCUT2D eigenvalue weighted by atomic mass is 9.71. The molecule has 7 rings (SSSR count). The Balaban J connectivity index is 0.00000236. The molecule has 2 saturated heterocycles. The van der Waals surface area contributed by atoms with Gasteiger partial charge in [-0.2, -0.15) is 0 Å². The molecule has 2 fully saturated rings. The summed E-state index contributed by atoms with van der Waals surface area (Å²) in [5.41, 5.74) is 5.68. The molecule has 4 aromatic carbocycles. The molecule has 276 valence electrons. The topological polar surface area (TPSA) is 117 Å². The maximum absolute atomic E-state index is 14.1. The predicted octanol–water partition coefficient (Wildman–Crippen LogP) is 5.41. The van der Waals surface area contributed by atoms with Crippen LogP contribution in [-0.4, -0.2) is 86.1 Å². The van der Waals surface area contributed by atoms with E-state index in [1.165, 1.54) is 7.05 Å². The quantitative estimate of drug-likeness (QED) is 0.215. The van der Waals surface area contributed by atoms with Gasteiger partial charge in [0, 0.05) is 44.6 Å². The van der Waals surface area contributed by atoms with Crippen molar-refractivity contribution in [1.82, 2.24) is 20.4 Å².